The molecule has 3 atom stereocenters. The third kappa shape index (κ3) is 6.34. The van der Waals surface area contributed by atoms with Crippen LogP contribution in [0.5, 0.6) is 0 Å². The lowest BCUT2D eigenvalue weighted by molar-refractivity contribution is -0.144. The van der Waals surface area contributed by atoms with Gasteiger partial charge in [-0.3, -0.25) is 24.1 Å². The van der Waals surface area contributed by atoms with Gasteiger partial charge in [0.05, 0.1) is 5.25 Å². The van der Waals surface area contributed by atoms with Gasteiger partial charge in [0.2, 0.25) is 17.7 Å². The van der Waals surface area contributed by atoms with Crippen LogP contribution in [0, 0.1) is 5.41 Å². The van der Waals surface area contributed by atoms with Crippen LogP contribution in [0.3, 0.4) is 0 Å². The lowest BCUT2D eigenvalue weighted by atomic mass is 9.85. The maximum absolute atomic E-state index is 13.1. The van der Waals surface area contributed by atoms with Gasteiger partial charge < -0.3 is 20.4 Å². The van der Waals surface area contributed by atoms with Gasteiger partial charge in [-0.25, -0.2) is 4.79 Å². The minimum absolute atomic E-state index is 0.0160. The maximum atomic E-state index is 13.1. The number of nitrogens with zero attached hydrogens (tertiary/aromatic N) is 3. The molecule has 1 aliphatic rings. The zero-order valence-corrected chi connectivity index (χ0v) is 22.4. The fourth-order valence-electron chi connectivity index (χ4n) is 3.67. The van der Waals surface area contributed by atoms with Crippen LogP contribution in [0.2, 0.25) is 0 Å². The summed E-state index contributed by atoms with van der Waals surface area (Å²) in [5.41, 5.74) is -1.49. The van der Waals surface area contributed by atoms with Crippen molar-refractivity contribution in [2.75, 3.05) is 33.4 Å². The first-order valence-electron chi connectivity index (χ1n) is 10.7. The number of carbonyl (C=O) groups is 5. The number of amides is 6. The fourth-order valence-corrected chi connectivity index (χ4v) is 4.11. The Kier molecular flexibility index (Phi) is 9.68. The van der Waals surface area contributed by atoms with Gasteiger partial charge in [-0.05, 0) is 25.7 Å². The summed E-state index contributed by atoms with van der Waals surface area (Å²) in [7, 11) is 4.56. The number of thiol groups is 2. The normalized spacial score (nSPS) is 18.6. The van der Waals surface area contributed by atoms with Crippen LogP contribution in [0.25, 0.3) is 0 Å². The van der Waals surface area contributed by atoms with E-state index < -0.39 is 46.1 Å². The molecule has 1 rings (SSSR count). The average molecular weight is 504 g/mol. The molecular formula is C21H37N5O5S2. The second-order valence-corrected chi connectivity index (χ2v) is 10.7. The van der Waals surface area contributed by atoms with Gasteiger partial charge in [-0.2, -0.15) is 25.3 Å². The highest BCUT2D eigenvalue weighted by Gasteiger charge is 2.49. The van der Waals surface area contributed by atoms with Gasteiger partial charge in [0.15, 0.2) is 0 Å². The lowest BCUT2D eigenvalue weighted by Crippen LogP contribution is -2.59. The van der Waals surface area contributed by atoms with E-state index in [2.05, 4.69) is 35.9 Å². The molecule has 6 amide bonds. The Balaban J connectivity index is 2.83. The molecule has 1 fully saturated rings. The summed E-state index contributed by atoms with van der Waals surface area (Å²) in [6, 6.07) is -2.16. The second kappa shape index (κ2) is 11.0. The number of imide groups is 1. The van der Waals surface area contributed by atoms with Crippen LogP contribution >= 0.6 is 25.3 Å². The van der Waals surface area contributed by atoms with Crippen LogP contribution < -0.4 is 10.6 Å². The molecule has 12 heteroatoms. The number of carbonyl (C=O) groups excluding carboxylic acids is 5. The number of rotatable bonds is 9. The van der Waals surface area contributed by atoms with E-state index in [9.17, 15) is 24.0 Å². The van der Waals surface area contributed by atoms with Crippen LogP contribution in [0.15, 0.2) is 0 Å². The van der Waals surface area contributed by atoms with E-state index in [-0.39, 0.29) is 30.5 Å². The maximum Gasteiger partial charge on any atom is 0.327 e. The molecule has 0 radical (unpaired) electrons. The van der Waals surface area contributed by atoms with E-state index in [1.807, 2.05) is 20.8 Å². The third-order valence-corrected chi connectivity index (χ3v) is 6.76. The van der Waals surface area contributed by atoms with Gasteiger partial charge in [0.25, 0.3) is 5.91 Å². The molecule has 188 valence electrons. The molecule has 0 saturated carbocycles. The van der Waals surface area contributed by atoms with Crippen molar-refractivity contribution in [3.63, 3.8) is 0 Å². The molecule has 0 bridgehead atoms. The van der Waals surface area contributed by atoms with Gasteiger partial charge in [-0.1, -0.05) is 20.8 Å². The minimum Gasteiger partial charge on any atom is -0.357 e. The van der Waals surface area contributed by atoms with Crippen molar-refractivity contribution in [3.8, 4) is 0 Å². The molecule has 2 N–H and O–H groups in total. The molecule has 10 nitrogen and oxygen atoms in total. The van der Waals surface area contributed by atoms with Crippen molar-refractivity contribution >= 4 is 54.9 Å². The minimum atomic E-state index is -0.977. The zero-order valence-electron chi connectivity index (χ0n) is 20.6. The van der Waals surface area contributed by atoms with Gasteiger partial charge >= 0.3 is 6.03 Å². The Morgan fingerprint density at radius 2 is 1.70 bits per heavy atom. The molecule has 0 aromatic rings. The SMILES string of the molecule is CNC(=O)[C@@H](N(C)C(=O)C(CS)NC(=O)[C@@H](S)CCN1C(=O)N(C)C(C)(C)C1=O)C(C)(C)C. The summed E-state index contributed by atoms with van der Waals surface area (Å²) >= 11 is 8.50. The first-order chi connectivity index (χ1) is 15.0. The molecule has 1 aliphatic heterocycles. The highest BCUT2D eigenvalue weighted by Crippen LogP contribution is 2.26. The van der Waals surface area contributed by atoms with Crippen molar-refractivity contribution in [1.29, 1.82) is 0 Å². The van der Waals surface area contributed by atoms with Crippen molar-refractivity contribution in [2.45, 2.75) is 63.9 Å². The molecule has 0 aromatic heterocycles. The predicted octanol–water partition coefficient (Wildman–Crippen LogP) is 0.381. The topological polar surface area (TPSA) is 119 Å². The largest absolute Gasteiger partial charge is 0.357 e. The van der Waals surface area contributed by atoms with Crippen molar-refractivity contribution in [2.24, 2.45) is 5.41 Å². The molecule has 0 spiro atoms. The van der Waals surface area contributed by atoms with Crippen LogP contribution in [0.4, 0.5) is 4.79 Å². The summed E-state index contributed by atoms with van der Waals surface area (Å²) in [6.07, 6.45) is 0.114. The van der Waals surface area contributed by atoms with E-state index in [0.29, 0.717) is 0 Å². The molecule has 0 aliphatic carbocycles. The van der Waals surface area contributed by atoms with Gasteiger partial charge in [0, 0.05) is 33.4 Å². The second-order valence-electron chi connectivity index (χ2n) is 9.74. The van der Waals surface area contributed by atoms with E-state index in [1.165, 1.54) is 23.9 Å². The highest BCUT2D eigenvalue weighted by molar-refractivity contribution is 7.81. The number of nitrogens with one attached hydrogen (secondary N) is 2. The smallest absolute Gasteiger partial charge is 0.327 e. The molecule has 1 heterocycles. The summed E-state index contributed by atoms with van der Waals surface area (Å²) in [5.74, 6) is -1.64. The molecule has 1 unspecified atom stereocenters. The summed E-state index contributed by atoms with van der Waals surface area (Å²) < 4.78 is 0. The number of hydrogen-bond acceptors (Lipinski definition) is 7. The molecule has 33 heavy (non-hydrogen) atoms. The average Bonchev–Trinajstić information content (AvgIpc) is 2.87. The highest BCUT2D eigenvalue weighted by atomic mass is 32.1. The summed E-state index contributed by atoms with van der Waals surface area (Å²) in [6.45, 7) is 8.86. The van der Waals surface area contributed by atoms with E-state index in [1.54, 1.807) is 20.9 Å². The van der Waals surface area contributed by atoms with Crippen LogP contribution in [-0.4, -0.2) is 101 Å². The zero-order chi connectivity index (χ0) is 25.9. The van der Waals surface area contributed by atoms with Crippen molar-refractivity contribution in [1.82, 2.24) is 25.3 Å². The van der Waals surface area contributed by atoms with Crippen molar-refractivity contribution < 1.29 is 24.0 Å². The predicted molar refractivity (Wildman–Crippen MR) is 132 cm³/mol. The Hall–Kier alpha value is -1.95. The van der Waals surface area contributed by atoms with Gasteiger partial charge in [0.1, 0.15) is 17.6 Å². The van der Waals surface area contributed by atoms with Crippen molar-refractivity contribution in [3.05, 3.63) is 0 Å². The standard InChI is InChI=1S/C21H37N5O5S2/c1-20(2,3)14(16(28)22-6)24(7)17(29)12(11-32)23-15(27)13(33)9-10-26-18(30)21(4,5)25(8)19(26)31/h12-14,32-33H,9-11H2,1-8H3,(H,22,28)(H,23,27)/t12?,13-,14+/m0/s1. The molecule has 1 saturated heterocycles. The van der Waals surface area contributed by atoms with E-state index in [0.717, 1.165) is 4.90 Å². The summed E-state index contributed by atoms with van der Waals surface area (Å²) in [4.78, 5) is 66.7. The third-order valence-electron chi connectivity index (χ3n) is 5.90. The number of urea groups is 1. The quantitative estimate of drug-likeness (QED) is 0.268. The lowest BCUT2D eigenvalue weighted by Gasteiger charge is -2.38. The Labute approximate surface area is 207 Å². The van der Waals surface area contributed by atoms with Crippen LogP contribution in [-0.2, 0) is 19.2 Å². The fraction of sp³-hybridized carbons (Fsp3) is 0.762. The number of hydrogen-bond donors (Lipinski definition) is 4. The van der Waals surface area contributed by atoms with Crippen LogP contribution in [0.1, 0.15) is 41.0 Å². The first-order valence-corrected chi connectivity index (χ1v) is 11.8. The Morgan fingerprint density at radius 1 is 1.15 bits per heavy atom. The Bertz CT molecular complexity index is 798. The Morgan fingerprint density at radius 3 is 2.09 bits per heavy atom. The number of likely N-dealkylation sites (N-methyl/N-ethyl adjacent to an activating group) is 3. The van der Waals surface area contributed by atoms with E-state index >= 15 is 0 Å². The monoisotopic (exact) mass is 503 g/mol. The van der Waals surface area contributed by atoms with Gasteiger partial charge in [-0.15, -0.1) is 0 Å². The van der Waals surface area contributed by atoms with E-state index in [4.69, 9.17) is 0 Å². The molecular weight excluding hydrogens is 466 g/mol. The summed E-state index contributed by atoms with van der Waals surface area (Å²) in [5, 5.41) is 4.32. The molecule has 0 aromatic carbocycles. The first kappa shape index (κ1) is 29.1.